The highest BCUT2D eigenvalue weighted by atomic mass is 32.2. The van der Waals surface area contributed by atoms with Crippen LogP contribution in [0, 0.1) is 0 Å². The van der Waals surface area contributed by atoms with Crippen LogP contribution in [0.3, 0.4) is 0 Å². The number of aryl methyl sites for hydroxylation is 1. The van der Waals surface area contributed by atoms with Gasteiger partial charge in [0.1, 0.15) is 0 Å². The van der Waals surface area contributed by atoms with Gasteiger partial charge in [-0.15, -0.1) is 0 Å². The van der Waals surface area contributed by atoms with Crippen LogP contribution in [-0.4, -0.2) is 35.2 Å². The van der Waals surface area contributed by atoms with Gasteiger partial charge < -0.3 is 9.67 Å². The van der Waals surface area contributed by atoms with Crippen LogP contribution in [0.5, 0.6) is 0 Å². The molecule has 1 aromatic heterocycles. The molecule has 6 nitrogen and oxygen atoms in total. The second-order valence-electron chi connectivity index (χ2n) is 4.67. The molecule has 2 N–H and O–H groups in total. The lowest BCUT2D eigenvalue weighted by Crippen LogP contribution is -2.38. The minimum atomic E-state index is -3.53. The fraction of sp³-hybridized carbons (Fsp3) is 0.727. The summed E-state index contributed by atoms with van der Waals surface area (Å²) in [6, 6.07) is -0.0924. The van der Waals surface area contributed by atoms with Crippen LogP contribution in [0.2, 0.25) is 0 Å². The maximum absolute atomic E-state index is 12.1. The van der Waals surface area contributed by atoms with E-state index in [2.05, 4.69) is 9.71 Å². The standard InChI is InChI=1S/C11H19N3O3S/c1-2-14-7-11(12-8-14)18(16,17)13-9-3-5-10(15)6-4-9/h7-10,13,15H,2-6H2,1H3. The predicted molar refractivity (Wildman–Crippen MR) is 66.5 cm³/mol. The van der Waals surface area contributed by atoms with Crippen molar-refractivity contribution in [3.8, 4) is 0 Å². The van der Waals surface area contributed by atoms with Gasteiger partial charge in [-0.2, -0.15) is 0 Å². The summed E-state index contributed by atoms with van der Waals surface area (Å²) < 4.78 is 28.5. The largest absolute Gasteiger partial charge is 0.393 e. The summed E-state index contributed by atoms with van der Waals surface area (Å²) in [6.45, 7) is 2.62. The zero-order chi connectivity index (χ0) is 13.2. The van der Waals surface area contributed by atoms with Crippen molar-refractivity contribution in [2.75, 3.05) is 0 Å². The first kappa shape index (κ1) is 13.5. The molecule has 0 unspecified atom stereocenters. The molecule has 1 aliphatic rings. The number of aromatic nitrogens is 2. The minimum absolute atomic E-state index is 0.0653. The van der Waals surface area contributed by atoms with Crippen LogP contribution in [0.1, 0.15) is 32.6 Å². The molecule has 7 heteroatoms. The molecule has 0 bridgehead atoms. The van der Waals surface area contributed by atoms with Crippen LogP contribution in [0.15, 0.2) is 17.6 Å². The van der Waals surface area contributed by atoms with Gasteiger partial charge in [-0.05, 0) is 32.6 Å². The van der Waals surface area contributed by atoms with Gasteiger partial charge in [0.05, 0.1) is 12.4 Å². The Balaban J connectivity index is 2.03. The molecule has 1 heterocycles. The molecule has 0 spiro atoms. The third kappa shape index (κ3) is 3.09. The van der Waals surface area contributed by atoms with E-state index in [0.29, 0.717) is 32.2 Å². The SMILES string of the molecule is CCn1cnc(S(=O)(=O)NC2CCC(O)CC2)c1. The number of sulfonamides is 1. The van der Waals surface area contributed by atoms with Gasteiger partial charge in [0.25, 0.3) is 10.0 Å². The average molecular weight is 273 g/mol. The Bertz CT molecular complexity index is 489. The van der Waals surface area contributed by atoms with Gasteiger partial charge >= 0.3 is 0 Å². The number of nitrogens with one attached hydrogen (secondary N) is 1. The molecule has 0 radical (unpaired) electrons. The monoisotopic (exact) mass is 273 g/mol. The summed E-state index contributed by atoms with van der Waals surface area (Å²) >= 11 is 0. The van der Waals surface area contributed by atoms with Crippen LogP contribution in [-0.2, 0) is 16.6 Å². The number of hydrogen-bond acceptors (Lipinski definition) is 4. The second kappa shape index (κ2) is 5.38. The van der Waals surface area contributed by atoms with Crippen molar-refractivity contribution >= 4 is 10.0 Å². The Labute approximate surface area is 107 Å². The van der Waals surface area contributed by atoms with E-state index >= 15 is 0 Å². The molecule has 0 saturated heterocycles. The first-order valence-corrected chi connectivity index (χ1v) is 7.71. The number of imidazole rings is 1. The number of hydrogen-bond donors (Lipinski definition) is 2. The summed E-state index contributed by atoms with van der Waals surface area (Å²) in [4.78, 5) is 3.90. The normalized spacial score (nSPS) is 25.2. The van der Waals surface area contributed by atoms with Crippen LogP contribution in [0.4, 0.5) is 0 Å². The average Bonchev–Trinajstić information content (AvgIpc) is 2.81. The lowest BCUT2D eigenvalue weighted by molar-refractivity contribution is 0.120. The molecule has 1 fully saturated rings. The Morgan fingerprint density at radius 1 is 1.44 bits per heavy atom. The van der Waals surface area contributed by atoms with E-state index in [1.807, 2.05) is 6.92 Å². The number of aliphatic hydroxyl groups is 1. The lowest BCUT2D eigenvalue weighted by atomic mass is 9.94. The van der Waals surface area contributed by atoms with Crippen molar-refractivity contribution in [1.82, 2.24) is 14.3 Å². The van der Waals surface area contributed by atoms with Crippen molar-refractivity contribution in [1.29, 1.82) is 0 Å². The van der Waals surface area contributed by atoms with Gasteiger partial charge in [-0.3, -0.25) is 0 Å². The molecule has 0 atom stereocenters. The predicted octanol–water partition coefficient (Wildman–Crippen LogP) is 0.485. The van der Waals surface area contributed by atoms with E-state index in [0.717, 1.165) is 0 Å². The van der Waals surface area contributed by atoms with E-state index in [1.165, 1.54) is 12.5 Å². The third-order valence-electron chi connectivity index (χ3n) is 3.27. The molecule has 1 aromatic rings. The van der Waals surface area contributed by atoms with Gasteiger partial charge in [-0.25, -0.2) is 18.1 Å². The molecule has 0 amide bonds. The lowest BCUT2D eigenvalue weighted by Gasteiger charge is -2.25. The fourth-order valence-corrected chi connectivity index (χ4v) is 3.38. The number of aliphatic hydroxyl groups excluding tert-OH is 1. The molecular formula is C11H19N3O3S. The summed E-state index contributed by atoms with van der Waals surface area (Å²) in [6.07, 6.45) is 5.40. The molecule has 102 valence electrons. The van der Waals surface area contributed by atoms with Crippen molar-refractivity contribution in [3.63, 3.8) is 0 Å². The molecule has 2 rings (SSSR count). The van der Waals surface area contributed by atoms with E-state index in [9.17, 15) is 13.5 Å². The summed E-state index contributed by atoms with van der Waals surface area (Å²) in [5.74, 6) is 0. The van der Waals surface area contributed by atoms with Crippen LogP contribution < -0.4 is 4.72 Å². The third-order valence-corrected chi connectivity index (χ3v) is 4.67. The smallest absolute Gasteiger partial charge is 0.259 e. The maximum atomic E-state index is 12.1. The topological polar surface area (TPSA) is 84.2 Å². The molecular weight excluding hydrogens is 254 g/mol. The minimum Gasteiger partial charge on any atom is -0.393 e. The van der Waals surface area contributed by atoms with Gasteiger partial charge in [0.2, 0.25) is 0 Å². The van der Waals surface area contributed by atoms with Gasteiger partial charge in [0, 0.05) is 18.8 Å². The van der Waals surface area contributed by atoms with Crippen LogP contribution in [0.25, 0.3) is 0 Å². The van der Waals surface area contributed by atoms with Crippen molar-refractivity contribution in [2.45, 2.75) is 56.3 Å². The first-order chi connectivity index (χ1) is 8.51. The van der Waals surface area contributed by atoms with Gasteiger partial charge in [-0.1, -0.05) is 0 Å². The van der Waals surface area contributed by atoms with Gasteiger partial charge in [0.15, 0.2) is 5.03 Å². The van der Waals surface area contributed by atoms with Crippen molar-refractivity contribution < 1.29 is 13.5 Å². The Kier molecular flexibility index (Phi) is 4.04. The summed E-state index contributed by atoms with van der Waals surface area (Å²) in [7, 11) is -3.53. The zero-order valence-corrected chi connectivity index (χ0v) is 11.2. The maximum Gasteiger partial charge on any atom is 0.259 e. The summed E-state index contributed by atoms with van der Waals surface area (Å²) in [5.41, 5.74) is 0. The van der Waals surface area contributed by atoms with E-state index in [1.54, 1.807) is 4.57 Å². The molecule has 1 saturated carbocycles. The molecule has 0 aromatic carbocycles. The Morgan fingerprint density at radius 2 is 2.11 bits per heavy atom. The number of rotatable bonds is 4. The highest BCUT2D eigenvalue weighted by molar-refractivity contribution is 7.89. The highest BCUT2D eigenvalue weighted by Crippen LogP contribution is 2.20. The molecule has 1 aliphatic carbocycles. The second-order valence-corrected chi connectivity index (χ2v) is 6.33. The van der Waals surface area contributed by atoms with E-state index < -0.39 is 10.0 Å². The Hall–Kier alpha value is -0.920. The number of nitrogens with zero attached hydrogens (tertiary/aromatic N) is 2. The van der Waals surface area contributed by atoms with Crippen LogP contribution >= 0.6 is 0 Å². The van der Waals surface area contributed by atoms with E-state index in [4.69, 9.17) is 0 Å². The summed E-state index contributed by atoms with van der Waals surface area (Å²) in [5, 5.41) is 9.45. The fourth-order valence-electron chi connectivity index (χ4n) is 2.12. The Morgan fingerprint density at radius 3 is 2.67 bits per heavy atom. The highest BCUT2D eigenvalue weighted by Gasteiger charge is 2.25. The quantitative estimate of drug-likeness (QED) is 0.836. The molecule has 0 aliphatic heterocycles. The zero-order valence-electron chi connectivity index (χ0n) is 10.4. The van der Waals surface area contributed by atoms with E-state index in [-0.39, 0.29) is 17.2 Å². The van der Waals surface area contributed by atoms with Crippen molar-refractivity contribution in [2.24, 2.45) is 0 Å². The first-order valence-electron chi connectivity index (χ1n) is 6.23. The molecule has 18 heavy (non-hydrogen) atoms. The van der Waals surface area contributed by atoms with Crippen molar-refractivity contribution in [3.05, 3.63) is 12.5 Å².